The maximum atomic E-state index is 3.77. The van der Waals surface area contributed by atoms with Crippen molar-refractivity contribution in [1.29, 1.82) is 0 Å². The lowest BCUT2D eigenvalue weighted by molar-refractivity contribution is 0.0604. The van der Waals surface area contributed by atoms with E-state index in [0.717, 1.165) is 23.9 Å². The smallest absolute Gasteiger partial charge is 0.00983 e. The molecule has 1 atom stereocenters. The van der Waals surface area contributed by atoms with Gasteiger partial charge in [-0.3, -0.25) is 4.90 Å². The molecule has 0 N–H and O–H groups in total. The highest BCUT2D eigenvalue weighted by Gasteiger charge is 2.30. The Balaban J connectivity index is 2.01. The summed E-state index contributed by atoms with van der Waals surface area (Å²) < 4.78 is 0. The predicted octanol–water partition coefficient (Wildman–Crippen LogP) is 5.62. The van der Waals surface area contributed by atoms with E-state index >= 15 is 0 Å². The lowest BCUT2D eigenvalue weighted by Crippen LogP contribution is -2.48. The van der Waals surface area contributed by atoms with E-state index in [1.165, 1.54) is 76.1 Å². The number of rotatable bonds is 6. The molecule has 0 aromatic heterocycles. The zero-order valence-electron chi connectivity index (χ0n) is 13.6. The van der Waals surface area contributed by atoms with Gasteiger partial charge in [0.25, 0.3) is 0 Å². The molecule has 2 saturated carbocycles. The van der Waals surface area contributed by atoms with Crippen LogP contribution in [0.4, 0.5) is 0 Å². The highest BCUT2D eigenvalue weighted by Crippen LogP contribution is 2.32. The van der Waals surface area contributed by atoms with Crippen LogP contribution in [-0.4, -0.2) is 28.9 Å². The van der Waals surface area contributed by atoms with Crippen LogP contribution in [0.1, 0.15) is 78.1 Å². The van der Waals surface area contributed by atoms with Gasteiger partial charge in [-0.1, -0.05) is 68.3 Å². The third-order valence-electron chi connectivity index (χ3n) is 5.67. The molecule has 0 amide bonds. The zero-order valence-corrected chi connectivity index (χ0v) is 15.2. The van der Waals surface area contributed by atoms with Gasteiger partial charge in [-0.15, -0.1) is 0 Å². The molecule has 2 aliphatic carbocycles. The molecule has 2 aliphatic rings. The lowest BCUT2D eigenvalue weighted by atomic mass is 9.86. The average molecular weight is 344 g/mol. The first-order valence-electron chi connectivity index (χ1n) is 9.04. The molecule has 0 radical (unpaired) electrons. The van der Waals surface area contributed by atoms with Crippen molar-refractivity contribution in [1.82, 2.24) is 4.90 Å². The minimum Gasteiger partial charge on any atom is -0.297 e. The topological polar surface area (TPSA) is 3.24 Å². The van der Waals surface area contributed by atoms with Crippen molar-refractivity contribution in [2.45, 2.75) is 90.1 Å². The molecule has 2 fully saturated rings. The van der Waals surface area contributed by atoms with Crippen molar-refractivity contribution in [2.75, 3.05) is 11.9 Å². The van der Waals surface area contributed by atoms with Crippen LogP contribution < -0.4 is 0 Å². The maximum Gasteiger partial charge on any atom is 0.00983 e. The number of halogens is 1. The van der Waals surface area contributed by atoms with Crippen LogP contribution >= 0.6 is 15.9 Å². The SMILES string of the molecule is CC(C)C(CBr)CN(C1CCCCC1)C1CCCCC1. The van der Waals surface area contributed by atoms with Crippen LogP contribution in [0.15, 0.2) is 0 Å². The highest BCUT2D eigenvalue weighted by atomic mass is 79.9. The molecule has 0 saturated heterocycles. The molecule has 20 heavy (non-hydrogen) atoms. The van der Waals surface area contributed by atoms with Crippen molar-refractivity contribution < 1.29 is 0 Å². The minimum absolute atomic E-state index is 0.795. The van der Waals surface area contributed by atoms with E-state index in [-0.39, 0.29) is 0 Å². The van der Waals surface area contributed by atoms with Crippen LogP contribution in [0.2, 0.25) is 0 Å². The van der Waals surface area contributed by atoms with Gasteiger partial charge in [-0.05, 0) is 37.5 Å². The number of alkyl halides is 1. The summed E-state index contributed by atoms with van der Waals surface area (Å²) >= 11 is 3.77. The van der Waals surface area contributed by atoms with Crippen molar-refractivity contribution in [3.05, 3.63) is 0 Å². The fraction of sp³-hybridized carbons (Fsp3) is 1.00. The summed E-state index contributed by atoms with van der Waals surface area (Å²) in [5, 5.41) is 1.17. The first-order valence-corrected chi connectivity index (χ1v) is 10.2. The third-order valence-corrected chi connectivity index (χ3v) is 6.51. The van der Waals surface area contributed by atoms with Gasteiger partial charge in [-0.25, -0.2) is 0 Å². The molecule has 0 aromatic carbocycles. The highest BCUT2D eigenvalue weighted by molar-refractivity contribution is 9.09. The van der Waals surface area contributed by atoms with Crippen LogP contribution in [0, 0.1) is 11.8 Å². The van der Waals surface area contributed by atoms with Gasteiger partial charge in [0.2, 0.25) is 0 Å². The van der Waals surface area contributed by atoms with Gasteiger partial charge in [0.15, 0.2) is 0 Å². The first kappa shape index (κ1) is 16.8. The molecule has 2 rings (SSSR count). The van der Waals surface area contributed by atoms with Crippen LogP contribution in [0.3, 0.4) is 0 Å². The van der Waals surface area contributed by atoms with E-state index in [1.54, 1.807) is 0 Å². The summed E-state index contributed by atoms with van der Waals surface area (Å²) in [5.41, 5.74) is 0. The molecule has 2 heteroatoms. The van der Waals surface area contributed by atoms with Crippen LogP contribution in [-0.2, 0) is 0 Å². The molecule has 0 bridgehead atoms. The van der Waals surface area contributed by atoms with Gasteiger partial charge in [0, 0.05) is 24.0 Å². The van der Waals surface area contributed by atoms with Crippen molar-refractivity contribution in [3.63, 3.8) is 0 Å². The maximum absolute atomic E-state index is 3.77. The number of hydrogen-bond acceptors (Lipinski definition) is 1. The Morgan fingerprint density at radius 1 is 0.850 bits per heavy atom. The Morgan fingerprint density at radius 2 is 1.30 bits per heavy atom. The second kappa shape index (κ2) is 8.78. The normalized spacial score (nSPS) is 24.4. The predicted molar refractivity (Wildman–Crippen MR) is 92.6 cm³/mol. The van der Waals surface area contributed by atoms with E-state index in [9.17, 15) is 0 Å². The molecule has 118 valence electrons. The standard InChI is InChI=1S/C18H34BrN/c1-15(2)16(13-19)14-20(17-9-5-3-6-10-17)18-11-7-4-8-12-18/h15-18H,3-14H2,1-2H3. The van der Waals surface area contributed by atoms with Crippen LogP contribution in [0.25, 0.3) is 0 Å². The van der Waals surface area contributed by atoms with E-state index in [1.807, 2.05) is 0 Å². The Morgan fingerprint density at radius 3 is 1.65 bits per heavy atom. The molecule has 0 aliphatic heterocycles. The number of nitrogens with zero attached hydrogens (tertiary/aromatic N) is 1. The van der Waals surface area contributed by atoms with Gasteiger partial charge in [-0.2, -0.15) is 0 Å². The molecule has 0 aromatic rings. The third kappa shape index (κ3) is 4.73. The monoisotopic (exact) mass is 343 g/mol. The van der Waals surface area contributed by atoms with Gasteiger partial charge in [0.1, 0.15) is 0 Å². The van der Waals surface area contributed by atoms with Crippen molar-refractivity contribution >= 4 is 15.9 Å². The van der Waals surface area contributed by atoms with Gasteiger partial charge in [0.05, 0.1) is 0 Å². The summed E-state index contributed by atoms with van der Waals surface area (Å²) in [7, 11) is 0. The minimum atomic E-state index is 0.795. The quantitative estimate of drug-likeness (QED) is 0.565. The number of hydrogen-bond donors (Lipinski definition) is 0. The second-order valence-electron chi connectivity index (χ2n) is 7.44. The molecule has 1 unspecified atom stereocenters. The summed E-state index contributed by atoms with van der Waals surface area (Å²) in [5.74, 6) is 1.61. The molecular weight excluding hydrogens is 310 g/mol. The van der Waals surface area contributed by atoms with E-state index < -0.39 is 0 Å². The van der Waals surface area contributed by atoms with Gasteiger partial charge < -0.3 is 0 Å². The second-order valence-corrected chi connectivity index (χ2v) is 8.09. The largest absolute Gasteiger partial charge is 0.297 e. The Labute approximate surface area is 135 Å². The Hall–Kier alpha value is 0.440. The fourth-order valence-electron chi connectivity index (χ4n) is 4.13. The molecule has 0 heterocycles. The first-order chi connectivity index (χ1) is 9.72. The molecule has 1 nitrogen and oxygen atoms in total. The summed E-state index contributed by atoms with van der Waals surface area (Å²) in [6.07, 6.45) is 14.7. The Kier molecular flexibility index (Phi) is 7.38. The summed E-state index contributed by atoms with van der Waals surface area (Å²) in [6.45, 7) is 6.12. The van der Waals surface area contributed by atoms with E-state index in [4.69, 9.17) is 0 Å². The summed E-state index contributed by atoms with van der Waals surface area (Å²) in [6, 6.07) is 1.79. The van der Waals surface area contributed by atoms with Gasteiger partial charge >= 0.3 is 0 Å². The van der Waals surface area contributed by atoms with E-state index in [2.05, 4.69) is 34.7 Å². The summed E-state index contributed by atoms with van der Waals surface area (Å²) in [4.78, 5) is 2.96. The van der Waals surface area contributed by atoms with Crippen molar-refractivity contribution in [2.24, 2.45) is 11.8 Å². The zero-order chi connectivity index (χ0) is 14.4. The fourth-order valence-corrected chi connectivity index (χ4v) is 5.08. The lowest BCUT2D eigenvalue weighted by Gasteiger charge is -2.43. The Bertz CT molecular complexity index is 236. The molecule has 0 spiro atoms. The van der Waals surface area contributed by atoms with Crippen molar-refractivity contribution in [3.8, 4) is 0 Å². The van der Waals surface area contributed by atoms with Crippen LogP contribution in [0.5, 0.6) is 0 Å². The molecular formula is C18H34BrN. The average Bonchev–Trinajstić information content (AvgIpc) is 2.50. The van der Waals surface area contributed by atoms with E-state index in [0.29, 0.717) is 0 Å².